The molecule has 0 saturated carbocycles. The molecule has 0 bridgehead atoms. The van der Waals surface area contributed by atoms with E-state index in [2.05, 4.69) is 33.3 Å². The summed E-state index contributed by atoms with van der Waals surface area (Å²) >= 11 is 3.47. The highest BCUT2D eigenvalue weighted by molar-refractivity contribution is 9.10. The first-order valence-corrected chi connectivity index (χ1v) is 8.19. The lowest BCUT2D eigenvalue weighted by Gasteiger charge is -2.31. The molecule has 1 fully saturated rings. The SMILES string of the molecule is Cc1c(C(=O)N2CCN[C@@H](C)C2)cnn1-c1cccc(Br)c1. The van der Waals surface area contributed by atoms with Crippen LogP contribution < -0.4 is 5.32 Å². The Morgan fingerprint density at radius 3 is 3.00 bits per heavy atom. The standard InChI is InChI=1S/C16H19BrN4O/c1-11-10-20(7-6-18-11)16(22)15-9-19-21(12(15)2)14-5-3-4-13(17)8-14/h3-5,8-9,11,18H,6-7,10H2,1-2H3/t11-/m0/s1. The molecule has 1 aromatic carbocycles. The smallest absolute Gasteiger partial charge is 0.257 e. The largest absolute Gasteiger partial charge is 0.336 e. The van der Waals surface area contributed by atoms with Gasteiger partial charge in [-0.05, 0) is 32.0 Å². The van der Waals surface area contributed by atoms with E-state index in [1.807, 2.05) is 40.8 Å². The van der Waals surface area contributed by atoms with Crippen LogP contribution in [0.5, 0.6) is 0 Å². The summed E-state index contributed by atoms with van der Waals surface area (Å²) in [6.45, 7) is 6.35. The number of hydrogen-bond donors (Lipinski definition) is 1. The van der Waals surface area contributed by atoms with E-state index in [-0.39, 0.29) is 5.91 Å². The number of carbonyl (C=O) groups excluding carboxylic acids is 1. The molecule has 22 heavy (non-hydrogen) atoms. The van der Waals surface area contributed by atoms with Gasteiger partial charge in [-0.25, -0.2) is 4.68 Å². The van der Waals surface area contributed by atoms with Crippen LogP contribution in [0, 0.1) is 6.92 Å². The average Bonchev–Trinajstić information content (AvgIpc) is 2.88. The van der Waals surface area contributed by atoms with Crippen LogP contribution in [0.2, 0.25) is 0 Å². The topological polar surface area (TPSA) is 50.2 Å². The maximum Gasteiger partial charge on any atom is 0.257 e. The van der Waals surface area contributed by atoms with Crippen molar-refractivity contribution in [2.45, 2.75) is 19.9 Å². The molecule has 0 spiro atoms. The zero-order valence-electron chi connectivity index (χ0n) is 12.7. The number of rotatable bonds is 2. The van der Waals surface area contributed by atoms with E-state index in [4.69, 9.17) is 0 Å². The van der Waals surface area contributed by atoms with Gasteiger partial charge in [-0.3, -0.25) is 4.79 Å². The fourth-order valence-electron chi connectivity index (χ4n) is 2.77. The summed E-state index contributed by atoms with van der Waals surface area (Å²) in [4.78, 5) is 14.6. The molecule has 3 rings (SSSR count). The monoisotopic (exact) mass is 362 g/mol. The van der Waals surface area contributed by atoms with Crippen LogP contribution in [0.25, 0.3) is 5.69 Å². The van der Waals surface area contributed by atoms with Crippen molar-refractivity contribution in [2.24, 2.45) is 0 Å². The van der Waals surface area contributed by atoms with E-state index in [1.54, 1.807) is 6.20 Å². The number of carbonyl (C=O) groups is 1. The molecule has 0 radical (unpaired) electrons. The van der Waals surface area contributed by atoms with Gasteiger partial charge in [-0.1, -0.05) is 22.0 Å². The summed E-state index contributed by atoms with van der Waals surface area (Å²) < 4.78 is 2.80. The minimum atomic E-state index is 0.0621. The molecule has 1 aliphatic rings. The second-order valence-electron chi connectivity index (χ2n) is 5.64. The van der Waals surface area contributed by atoms with Gasteiger partial charge < -0.3 is 10.2 Å². The van der Waals surface area contributed by atoms with E-state index >= 15 is 0 Å². The summed E-state index contributed by atoms with van der Waals surface area (Å²) in [6, 6.07) is 8.22. The first-order chi connectivity index (χ1) is 10.6. The Morgan fingerprint density at radius 1 is 1.45 bits per heavy atom. The minimum Gasteiger partial charge on any atom is -0.336 e. The number of aromatic nitrogens is 2. The van der Waals surface area contributed by atoms with Gasteiger partial charge in [0, 0.05) is 30.1 Å². The lowest BCUT2D eigenvalue weighted by molar-refractivity contribution is 0.0708. The predicted octanol–water partition coefficient (Wildman–Crippen LogP) is 2.38. The zero-order valence-corrected chi connectivity index (χ0v) is 14.3. The molecule has 1 aliphatic heterocycles. The van der Waals surface area contributed by atoms with E-state index in [0.717, 1.165) is 35.5 Å². The van der Waals surface area contributed by atoms with Crippen molar-refractivity contribution >= 4 is 21.8 Å². The Balaban J connectivity index is 1.88. The third-order valence-electron chi connectivity index (χ3n) is 3.95. The number of halogens is 1. The summed E-state index contributed by atoms with van der Waals surface area (Å²) in [5.41, 5.74) is 2.49. The number of hydrogen-bond acceptors (Lipinski definition) is 3. The van der Waals surface area contributed by atoms with Gasteiger partial charge in [-0.15, -0.1) is 0 Å². The average molecular weight is 363 g/mol. The van der Waals surface area contributed by atoms with Crippen LogP contribution in [0.4, 0.5) is 0 Å². The van der Waals surface area contributed by atoms with Crippen molar-refractivity contribution in [1.29, 1.82) is 0 Å². The van der Waals surface area contributed by atoms with Gasteiger partial charge in [0.25, 0.3) is 5.91 Å². The lowest BCUT2D eigenvalue weighted by Crippen LogP contribution is -2.51. The fraction of sp³-hybridized carbons (Fsp3) is 0.375. The zero-order chi connectivity index (χ0) is 15.7. The molecule has 1 aromatic heterocycles. The van der Waals surface area contributed by atoms with E-state index in [0.29, 0.717) is 11.6 Å². The van der Waals surface area contributed by atoms with Gasteiger partial charge in [0.15, 0.2) is 0 Å². The molecule has 1 saturated heterocycles. The summed E-state index contributed by atoms with van der Waals surface area (Å²) in [5.74, 6) is 0.0621. The molecule has 2 aromatic rings. The van der Waals surface area contributed by atoms with Crippen LogP contribution in [-0.4, -0.2) is 46.3 Å². The third kappa shape index (κ3) is 2.94. The van der Waals surface area contributed by atoms with Crippen molar-refractivity contribution < 1.29 is 4.79 Å². The van der Waals surface area contributed by atoms with Gasteiger partial charge >= 0.3 is 0 Å². The van der Waals surface area contributed by atoms with Crippen LogP contribution in [0.1, 0.15) is 23.0 Å². The molecule has 0 aliphatic carbocycles. The molecule has 1 amide bonds. The second-order valence-corrected chi connectivity index (χ2v) is 6.56. The number of nitrogens with one attached hydrogen (secondary N) is 1. The first-order valence-electron chi connectivity index (χ1n) is 7.39. The van der Waals surface area contributed by atoms with Gasteiger partial charge in [-0.2, -0.15) is 5.10 Å². The van der Waals surface area contributed by atoms with Crippen molar-refractivity contribution in [3.8, 4) is 5.69 Å². The summed E-state index contributed by atoms with van der Waals surface area (Å²) in [7, 11) is 0. The predicted molar refractivity (Wildman–Crippen MR) is 89.4 cm³/mol. The van der Waals surface area contributed by atoms with Gasteiger partial charge in [0.2, 0.25) is 0 Å². The summed E-state index contributed by atoms with van der Waals surface area (Å²) in [6.07, 6.45) is 1.67. The molecule has 1 atom stereocenters. The highest BCUT2D eigenvalue weighted by atomic mass is 79.9. The van der Waals surface area contributed by atoms with E-state index < -0.39 is 0 Å². The Morgan fingerprint density at radius 2 is 2.27 bits per heavy atom. The van der Waals surface area contributed by atoms with Crippen LogP contribution in [0.15, 0.2) is 34.9 Å². The lowest BCUT2D eigenvalue weighted by atomic mass is 10.1. The number of piperazine rings is 1. The number of amides is 1. The van der Waals surface area contributed by atoms with Crippen LogP contribution in [0.3, 0.4) is 0 Å². The molecule has 2 heterocycles. The Kier molecular flexibility index (Phi) is 4.31. The maximum absolute atomic E-state index is 12.7. The Hall–Kier alpha value is -1.66. The molecule has 1 N–H and O–H groups in total. The molecule has 0 unspecified atom stereocenters. The molecule has 5 nitrogen and oxygen atoms in total. The highest BCUT2D eigenvalue weighted by Crippen LogP contribution is 2.19. The Bertz CT molecular complexity index is 697. The fourth-order valence-corrected chi connectivity index (χ4v) is 3.16. The highest BCUT2D eigenvalue weighted by Gasteiger charge is 2.24. The van der Waals surface area contributed by atoms with Crippen molar-refractivity contribution in [3.05, 3.63) is 46.2 Å². The van der Waals surface area contributed by atoms with Gasteiger partial charge in [0.1, 0.15) is 0 Å². The molecular formula is C16H19BrN4O. The second kappa shape index (κ2) is 6.22. The van der Waals surface area contributed by atoms with Gasteiger partial charge in [0.05, 0.1) is 23.1 Å². The number of nitrogens with zero attached hydrogens (tertiary/aromatic N) is 3. The molecular weight excluding hydrogens is 344 g/mol. The molecule has 116 valence electrons. The quantitative estimate of drug-likeness (QED) is 0.892. The van der Waals surface area contributed by atoms with Crippen molar-refractivity contribution in [3.63, 3.8) is 0 Å². The Labute approximate surface area is 138 Å². The summed E-state index contributed by atoms with van der Waals surface area (Å²) in [5, 5.41) is 7.74. The third-order valence-corrected chi connectivity index (χ3v) is 4.44. The van der Waals surface area contributed by atoms with E-state index in [1.165, 1.54) is 0 Å². The maximum atomic E-state index is 12.7. The normalized spacial score (nSPS) is 18.5. The van der Waals surface area contributed by atoms with Crippen molar-refractivity contribution in [1.82, 2.24) is 20.0 Å². The van der Waals surface area contributed by atoms with Crippen molar-refractivity contribution in [2.75, 3.05) is 19.6 Å². The number of benzene rings is 1. The van der Waals surface area contributed by atoms with E-state index in [9.17, 15) is 4.79 Å². The van der Waals surface area contributed by atoms with Crippen LogP contribution in [-0.2, 0) is 0 Å². The minimum absolute atomic E-state index is 0.0621. The van der Waals surface area contributed by atoms with Crippen LogP contribution >= 0.6 is 15.9 Å². The molecule has 6 heteroatoms. The first kappa shape index (κ1) is 15.2.